The third-order valence-electron chi connectivity index (χ3n) is 3.01. The Kier molecular flexibility index (Phi) is 1.93. The van der Waals surface area contributed by atoms with Gasteiger partial charge in [0.2, 0.25) is 0 Å². The Morgan fingerprint density at radius 1 is 1.54 bits per heavy atom. The summed E-state index contributed by atoms with van der Waals surface area (Å²) in [6.07, 6.45) is 2.33. The highest BCUT2D eigenvalue weighted by Crippen LogP contribution is 2.52. The van der Waals surface area contributed by atoms with Crippen molar-refractivity contribution in [1.29, 1.82) is 0 Å². The van der Waals surface area contributed by atoms with Crippen molar-refractivity contribution >= 4 is 6.03 Å². The Labute approximate surface area is 77.3 Å². The van der Waals surface area contributed by atoms with Crippen LogP contribution in [0.2, 0.25) is 0 Å². The van der Waals surface area contributed by atoms with Gasteiger partial charge >= 0.3 is 6.03 Å². The van der Waals surface area contributed by atoms with Gasteiger partial charge in [-0.1, -0.05) is 0 Å². The average Bonchev–Trinajstić information content (AvgIpc) is 2.59. The van der Waals surface area contributed by atoms with E-state index in [1.165, 1.54) is 19.8 Å². The summed E-state index contributed by atoms with van der Waals surface area (Å²) in [7, 11) is 0. The fourth-order valence-corrected chi connectivity index (χ4v) is 1.95. The highest BCUT2D eigenvalue weighted by atomic mass is 19.1. The molecule has 1 aliphatic carbocycles. The van der Waals surface area contributed by atoms with Crippen LogP contribution in [0.5, 0.6) is 0 Å². The molecule has 0 bridgehead atoms. The number of urea groups is 1. The van der Waals surface area contributed by atoms with Crippen LogP contribution in [0, 0.1) is 5.41 Å². The third kappa shape index (κ3) is 1.76. The number of nitrogens with zero attached hydrogens (tertiary/aromatic N) is 1. The Bertz CT molecular complexity index is 226. The molecule has 4 heteroatoms. The maximum absolute atomic E-state index is 12.5. The minimum absolute atomic E-state index is 0.251. The van der Waals surface area contributed by atoms with E-state index in [9.17, 15) is 9.18 Å². The van der Waals surface area contributed by atoms with Crippen LogP contribution in [0.25, 0.3) is 0 Å². The summed E-state index contributed by atoms with van der Waals surface area (Å²) in [5, 5.41) is 2.27. The molecule has 0 aromatic carbocycles. The first-order chi connectivity index (χ1) is 6.11. The molecule has 0 unspecified atom stereocenters. The molecular formula is C9H15FN2O. The summed E-state index contributed by atoms with van der Waals surface area (Å²) >= 11 is 0. The molecule has 0 aromatic heterocycles. The summed E-state index contributed by atoms with van der Waals surface area (Å²) < 4.78 is 12.5. The molecule has 3 nitrogen and oxygen atoms in total. The van der Waals surface area contributed by atoms with Crippen molar-refractivity contribution in [1.82, 2.24) is 10.2 Å². The number of rotatable bonds is 1. The molecule has 13 heavy (non-hydrogen) atoms. The Hall–Kier alpha value is -0.800. The van der Waals surface area contributed by atoms with Crippen molar-refractivity contribution in [2.24, 2.45) is 5.41 Å². The monoisotopic (exact) mass is 186 g/mol. The van der Waals surface area contributed by atoms with Crippen LogP contribution in [0.1, 0.15) is 26.2 Å². The molecule has 2 rings (SSSR count). The molecule has 2 fully saturated rings. The highest BCUT2D eigenvalue weighted by Gasteiger charge is 2.48. The van der Waals surface area contributed by atoms with E-state index >= 15 is 0 Å². The Balaban J connectivity index is 1.84. The van der Waals surface area contributed by atoms with Gasteiger partial charge in [0.1, 0.15) is 0 Å². The Morgan fingerprint density at radius 2 is 2.23 bits per heavy atom. The number of nitrogens with one attached hydrogen (secondary N) is 1. The molecule has 1 N–H and O–H groups in total. The zero-order valence-corrected chi connectivity index (χ0v) is 7.85. The summed E-state index contributed by atoms with van der Waals surface area (Å²) in [5.74, 6) is 0. The lowest BCUT2D eigenvalue weighted by Gasteiger charge is -2.17. The van der Waals surface area contributed by atoms with Crippen LogP contribution in [0.3, 0.4) is 0 Å². The summed E-state index contributed by atoms with van der Waals surface area (Å²) in [6, 6.07) is -0.251. The molecule has 2 amide bonds. The van der Waals surface area contributed by atoms with Gasteiger partial charge in [0.25, 0.3) is 0 Å². The second-order valence-electron chi connectivity index (χ2n) is 4.24. The molecule has 2 aliphatic rings. The molecule has 1 saturated heterocycles. The van der Waals surface area contributed by atoms with Crippen LogP contribution in [0.4, 0.5) is 9.18 Å². The predicted molar refractivity (Wildman–Crippen MR) is 47.0 cm³/mol. The first-order valence-electron chi connectivity index (χ1n) is 4.81. The predicted octanol–water partition coefficient (Wildman–Crippen LogP) is 1.50. The molecule has 1 heterocycles. The first kappa shape index (κ1) is 8.78. The van der Waals surface area contributed by atoms with Crippen molar-refractivity contribution in [3.8, 4) is 0 Å². The van der Waals surface area contributed by atoms with Gasteiger partial charge in [-0.2, -0.15) is 0 Å². The maximum Gasteiger partial charge on any atom is 0.319 e. The number of amides is 2. The fraction of sp³-hybridized carbons (Fsp3) is 0.889. The van der Waals surface area contributed by atoms with Crippen LogP contribution in [0.15, 0.2) is 0 Å². The lowest BCUT2D eigenvalue weighted by atomic mass is 10.1. The van der Waals surface area contributed by atoms with E-state index in [0.717, 1.165) is 19.5 Å². The molecule has 74 valence electrons. The minimum atomic E-state index is -1.25. The molecule has 1 aliphatic heterocycles. The van der Waals surface area contributed by atoms with Crippen molar-refractivity contribution < 1.29 is 9.18 Å². The molecule has 0 radical (unpaired) electrons. The molecule has 0 aromatic rings. The SMILES string of the molecule is C[C@H](F)NC(=O)N1CCC2(CC2)C1. The summed E-state index contributed by atoms with van der Waals surface area (Å²) in [5.41, 5.74) is 0.427. The van der Waals surface area contributed by atoms with Crippen LogP contribution < -0.4 is 5.32 Å². The van der Waals surface area contributed by atoms with Gasteiger partial charge in [-0.05, 0) is 31.6 Å². The van der Waals surface area contributed by atoms with E-state index in [1.807, 2.05) is 0 Å². The number of hydrogen-bond donors (Lipinski definition) is 1. The lowest BCUT2D eigenvalue weighted by Crippen LogP contribution is -2.41. The van der Waals surface area contributed by atoms with Crippen molar-refractivity contribution in [2.75, 3.05) is 13.1 Å². The lowest BCUT2D eigenvalue weighted by molar-refractivity contribution is 0.189. The quantitative estimate of drug-likeness (QED) is 0.618. The number of halogens is 1. The van der Waals surface area contributed by atoms with Crippen LogP contribution >= 0.6 is 0 Å². The van der Waals surface area contributed by atoms with E-state index in [0.29, 0.717) is 5.41 Å². The van der Waals surface area contributed by atoms with Crippen LogP contribution in [-0.4, -0.2) is 30.3 Å². The van der Waals surface area contributed by atoms with Crippen molar-refractivity contribution in [3.63, 3.8) is 0 Å². The van der Waals surface area contributed by atoms with Gasteiger partial charge in [-0.25, -0.2) is 9.18 Å². The first-order valence-corrected chi connectivity index (χ1v) is 4.81. The highest BCUT2D eigenvalue weighted by molar-refractivity contribution is 5.74. The fourth-order valence-electron chi connectivity index (χ4n) is 1.95. The van der Waals surface area contributed by atoms with Gasteiger partial charge in [-0.3, -0.25) is 0 Å². The number of hydrogen-bond acceptors (Lipinski definition) is 1. The van der Waals surface area contributed by atoms with Crippen LogP contribution in [-0.2, 0) is 0 Å². The van der Waals surface area contributed by atoms with Gasteiger partial charge < -0.3 is 10.2 Å². The third-order valence-corrected chi connectivity index (χ3v) is 3.01. The second kappa shape index (κ2) is 2.86. The van der Waals surface area contributed by atoms with E-state index in [2.05, 4.69) is 5.32 Å². The van der Waals surface area contributed by atoms with Gasteiger partial charge in [0, 0.05) is 13.1 Å². The molecule has 1 atom stereocenters. The number of likely N-dealkylation sites (tertiary alicyclic amines) is 1. The van der Waals surface area contributed by atoms with Crippen molar-refractivity contribution in [2.45, 2.75) is 32.5 Å². The molecule has 1 saturated carbocycles. The topological polar surface area (TPSA) is 32.3 Å². The largest absolute Gasteiger partial charge is 0.324 e. The number of carbonyl (C=O) groups excluding carboxylic acids is 1. The molecular weight excluding hydrogens is 171 g/mol. The smallest absolute Gasteiger partial charge is 0.319 e. The average molecular weight is 186 g/mol. The Morgan fingerprint density at radius 3 is 2.69 bits per heavy atom. The number of alkyl halides is 1. The number of carbonyl (C=O) groups is 1. The normalized spacial score (nSPS) is 26.2. The maximum atomic E-state index is 12.5. The van der Waals surface area contributed by atoms with E-state index < -0.39 is 6.30 Å². The molecule has 1 spiro atoms. The van der Waals surface area contributed by atoms with Gasteiger partial charge in [0.05, 0.1) is 0 Å². The summed E-state index contributed by atoms with van der Waals surface area (Å²) in [4.78, 5) is 13.1. The van der Waals surface area contributed by atoms with Gasteiger partial charge in [-0.15, -0.1) is 0 Å². The van der Waals surface area contributed by atoms with E-state index in [-0.39, 0.29) is 6.03 Å². The second-order valence-corrected chi connectivity index (χ2v) is 4.24. The van der Waals surface area contributed by atoms with Gasteiger partial charge in [0.15, 0.2) is 6.30 Å². The zero-order chi connectivity index (χ0) is 9.47. The summed E-state index contributed by atoms with van der Waals surface area (Å²) in [6.45, 7) is 2.95. The van der Waals surface area contributed by atoms with E-state index in [1.54, 1.807) is 4.90 Å². The zero-order valence-electron chi connectivity index (χ0n) is 7.85. The standard InChI is InChI=1S/C9H15FN2O/c1-7(10)11-8(13)12-5-4-9(6-12)2-3-9/h7H,2-6H2,1H3,(H,11,13)/t7-/m1/s1. The van der Waals surface area contributed by atoms with E-state index in [4.69, 9.17) is 0 Å². The minimum Gasteiger partial charge on any atom is -0.324 e. The van der Waals surface area contributed by atoms with Crippen molar-refractivity contribution in [3.05, 3.63) is 0 Å².